The van der Waals surface area contributed by atoms with Crippen molar-refractivity contribution in [1.82, 2.24) is 0 Å². The van der Waals surface area contributed by atoms with Gasteiger partial charge in [0.05, 0.1) is 0 Å². The van der Waals surface area contributed by atoms with Gasteiger partial charge in [-0.25, -0.2) is 0 Å². The van der Waals surface area contributed by atoms with Crippen LogP contribution in [0.5, 0.6) is 0 Å². The lowest BCUT2D eigenvalue weighted by Crippen LogP contribution is -2.21. The third kappa shape index (κ3) is 2.81. The Labute approximate surface area is 125 Å². The van der Waals surface area contributed by atoms with Gasteiger partial charge < -0.3 is 0 Å². The molecule has 0 aliphatic rings. The molecule has 0 aliphatic carbocycles. The van der Waals surface area contributed by atoms with Crippen LogP contribution in [-0.2, 0) is 0 Å². The van der Waals surface area contributed by atoms with Crippen molar-refractivity contribution in [2.45, 2.75) is 41.5 Å². The number of hydrogen-bond acceptors (Lipinski definition) is 0. The molecule has 0 aliphatic heterocycles. The third-order valence-corrected chi connectivity index (χ3v) is 6.69. The standard InChI is InChI=1S/C19H25P/c1-12-8-14(3)18(15(4)9-12)20(7)19-16(5)10-13(2)11-17(19)6/h8-11H,1-7H3. The van der Waals surface area contributed by atoms with Gasteiger partial charge in [-0.05, 0) is 89.0 Å². The van der Waals surface area contributed by atoms with Crippen molar-refractivity contribution in [3.8, 4) is 0 Å². The Bertz CT molecular complexity index is 549. The molecule has 106 valence electrons. The van der Waals surface area contributed by atoms with Crippen LogP contribution < -0.4 is 10.6 Å². The lowest BCUT2D eigenvalue weighted by molar-refractivity contribution is 1.34. The first-order valence-electron chi connectivity index (χ1n) is 7.20. The molecular formula is C19H25P. The molecule has 0 saturated carbocycles. The first kappa shape index (κ1) is 15.3. The zero-order valence-corrected chi connectivity index (χ0v) is 14.7. The quantitative estimate of drug-likeness (QED) is 0.707. The summed E-state index contributed by atoms with van der Waals surface area (Å²) in [7, 11) is -0.279. The van der Waals surface area contributed by atoms with Crippen molar-refractivity contribution in [2.75, 3.05) is 6.66 Å². The lowest BCUT2D eigenvalue weighted by atomic mass is 10.1. The van der Waals surface area contributed by atoms with Crippen molar-refractivity contribution in [1.29, 1.82) is 0 Å². The number of benzene rings is 2. The Kier molecular flexibility index (Phi) is 4.35. The van der Waals surface area contributed by atoms with Crippen molar-refractivity contribution in [3.63, 3.8) is 0 Å². The highest BCUT2D eigenvalue weighted by atomic mass is 31.1. The third-order valence-electron chi connectivity index (χ3n) is 3.94. The molecule has 2 aromatic rings. The second-order valence-corrected chi connectivity index (χ2v) is 8.07. The van der Waals surface area contributed by atoms with Gasteiger partial charge in [0.1, 0.15) is 0 Å². The van der Waals surface area contributed by atoms with E-state index in [1.54, 1.807) is 10.6 Å². The SMILES string of the molecule is Cc1cc(C)c(P(C)c2c(C)cc(C)cc2C)c(C)c1. The molecule has 0 N–H and O–H groups in total. The van der Waals surface area contributed by atoms with E-state index in [0.29, 0.717) is 0 Å². The fourth-order valence-electron chi connectivity index (χ4n) is 3.51. The van der Waals surface area contributed by atoms with E-state index >= 15 is 0 Å². The average molecular weight is 284 g/mol. The van der Waals surface area contributed by atoms with Gasteiger partial charge >= 0.3 is 0 Å². The van der Waals surface area contributed by atoms with E-state index in [0.717, 1.165) is 0 Å². The molecular weight excluding hydrogens is 259 g/mol. The van der Waals surface area contributed by atoms with Crippen LogP contribution in [0.2, 0.25) is 0 Å². The molecule has 2 rings (SSSR count). The van der Waals surface area contributed by atoms with E-state index in [2.05, 4.69) is 72.5 Å². The van der Waals surface area contributed by atoms with Gasteiger partial charge in [0.25, 0.3) is 0 Å². The number of aryl methyl sites for hydroxylation is 6. The van der Waals surface area contributed by atoms with E-state index in [1.807, 2.05) is 0 Å². The van der Waals surface area contributed by atoms with Crippen molar-refractivity contribution < 1.29 is 0 Å². The maximum Gasteiger partial charge on any atom is -0.0139 e. The molecule has 2 aromatic carbocycles. The molecule has 0 aromatic heterocycles. The molecule has 0 amide bonds. The van der Waals surface area contributed by atoms with Gasteiger partial charge in [-0.3, -0.25) is 0 Å². The molecule has 0 nitrogen and oxygen atoms in total. The van der Waals surface area contributed by atoms with Gasteiger partial charge in [0.15, 0.2) is 0 Å². The molecule has 1 heteroatoms. The highest BCUT2D eigenvalue weighted by molar-refractivity contribution is 7.72. The molecule has 0 unspecified atom stereocenters. The Balaban J connectivity index is 2.61. The predicted octanol–water partition coefficient (Wildman–Crippen LogP) is 4.60. The zero-order chi connectivity index (χ0) is 15.0. The van der Waals surface area contributed by atoms with Crippen LogP contribution in [0.25, 0.3) is 0 Å². The van der Waals surface area contributed by atoms with Crippen LogP contribution in [0.15, 0.2) is 24.3 Å². The monoisotopic (exact) mass is 284 g/mol. The highest BCUT2D eigenvalue weighted by Crippen LogP contribution is 2.35. The normalized spacial score (nSPS) is 11.2. The molecule has 0 atom stereocenters. The summed E-state index contributed by atoms with van der Waals surface area (Å²) in [6, 6.07) is 9.28. The largest absolute Gasteiger partial charge is 0.0557 e. The van der Waals surface area contributed by atoms with Crippen LogP contribution in [0.4, 0.5) is 0 Å². The Hall–Kier alpha value is -1.13. The zero-order valence-electron chi connectivity index (χ0n) is 13.8. The smallest absolute Gasteiger partial charge is 0.0139 e. The average Bonchev–Trinajstić information content (AvgIpc) is 2.25. The van der Waals surface area contributed by atoms with Gasteiger partial charge in [-0.1, -0.05) is 35.4 Å². The second-order valence-electron chi connectivity index (χ2n) is 6.05. The van der Waals surface area contributed by atoms with Crippen LogP contribution in [0.3, 0.4) is 0 Å². The minimum Gasteiger partial charge on any atom is -0.0557 e. The van der Waals surface area contributed by atoms with Crippen LogP contribution in [0.1, 0.15) is 33.4 Å². The maximum atomic E-state index is 2.41. The molecule has 0 fully saturated rings. The van der Waals surface area contributed by atoms with E-state index in [1.165, 1.54) is 33.4 Å². The van der Waals surface area contributed by atoms with Crippen molar-refractivity contribution in [2.24, 2.45) is 0 Å². The van der Waals surface area contributed by atoms with Gasteiger partial charge in [0, 0.05) is 0 Å². The molecule has 0 radical (unpaired) electrons. The second kappa shape index (κ2) is 5.70. The van der Waals surface area contributed by atoms with Gasteiger partial charge in [-0.15, -0.1) is 0 Å². The van der Waals surface area contributed by atoms with E-state index in [4.69, 9.17) is 0 Å². The first-order chi connectivity index (χ1) is 9.31. The van der Waals surface area contributed by atoms with Crippen LogP contribution >= 0.6 is 7.92 Å². The van der Waals surface area contributed by atoms with Gasteiger partial charge in [0.2, 0.25) is 0 Å². The Morgan fingerprint density at radius 3 is 1.05 bits per heavy atom. The molecule has 0 saturated heterocycles. The number of rotatable bonds is 2. The van der Waals surface area contributed by atoms with E-state index in [9.17, 15) is 0 Å². The summed E-state index contributed by atoms with van der Waals surface area (Å²) in [6.45, 7) is 15.8. The lowest BCUT2D eigenvalue weighted by Gasteiger charge is -2.23. The molecule has 0 heterocycles. The van der Waals surface area contributed by atoms with Gasteiger partial charge in [-0.2, -0.15) is 0 Å². The predicted molar refractivity (Wildman–Crippen MR) is 93.4 cm³/mol. The summed E-state index contributed by atoms with van der Waals surface area (Å²) < 4.78 is 0. The summed E-state index contributed by atoms with van der Waals surface area (Å²) >= 11 is 0. The van der Waals surface area contributed by atoms with E-state index in [-0.39, 0.29) is 7.92 Å². The highest BCUT2D eigenvalue weighted by Gasteiger charge is 2.17. The summed E-state index contributed by atoms with van der Waals surface area (Å²) in [5.74, 6) is 0. The molecule has 0 bridgehead atoms. The van der Waals surface area contributed by atoms with Crippen molar-refractivity contribution >= 4 is 18.5 Å². The van der Waals surface area contributed by atoms with Crippen molar-refractivity contribution in [3.05, 3.63) is 57.6 Å². The summed E-state index contributed by atoms with van der Waals surface area (Å²) in [5, 5.41) is 3.11. The van der Waals surface area contributed by atoms with E-state index < -0.39 is 0 Å². The first-order valence-corrected chi connectivity index (χ1v) is 8.99. The summed E-state index contributed by atoms with van der Waals surface area (Å²) in [5.41, 5.74) is 8.49. The Morgan fingerprint density at radius 1 is 0.550 bits per heavy atom. The van der Waals surface area contributed by atoms with Crippen LogP contribution in [-0.4, -0.2) is 6.66 Å². The summed E-state index contributed by atoms with van der Waals surface area (Å²) in [4.78, 5) is 0. The topological polar surface area (TPSA) is 0 Å². The fraction of sp³-hybridized carbons (Fsp3) is 0.368. The molecule has 20 heavy (non-hydrogen) atoms. The maximum absolute atomic E-state index is 2.41. The van der Waals surface area contributed by atoms with Crippen LogP contribution in [0, 0.1) is 41.5 Å². The minimum absolute atomic E-state index is 0.279. The molecule has 0 spiro atoms. The fourth-order valence-corrected chi connectivity index (χ4v) is 6.11. The summed E-state index contributed by atoms with van der Waals surface area (Å²) in [6.07, 6.45) is 0. The Morgan fingerprint density at radius 2 is 0.800 bits per heavy atom. The minimum atomic E-state index is -0.279. The number of hydrogen-bond donors (Lipinski definition) is 0.